The summed E-state index contributed by atoms with van der Waals surface area (Å²) in [5.41, 5.74) is 1.17. The third-order valence-corrected chi connectivity index (χ3v) is 4.30. The summed E-state index contributed by atoms with van der Waals surface area (Å²) in [6.07, 6.45) is 4.70. The lowest BCUT2D eigenvalue weighted by Crippen LogP contribution is -2.40. The van der Waals surface area contributed by atoms with Gasteiger partial charge < -0.3 is 10.1 Å². The van der Waals surface area contributed by atoms with Crippen molar-refractivity contribution in [3.8, 4) is 6.07 Å². The van der Waals surface area contributed by atoms with Gasteiger partial charge in [0.1, 0.15) is 11.9 Å². The van der Waals surface area contributed by atoms with Gasteiger partial charge in [-0.2, -0.15) is 5.26 Å². The molecule has 1 aliphatic rings. The van der Waals surface area contributed by atoms with Crippen molar-refractivity contribution in [1.29, 1.82) is 5.26 Å². The summed E-state index contributed by atoms with van der Waals surface area (Å²) >= 11 is 0. The predicted octanol–water partition coefficient (Wildman–Crippen LogP) is 2.65. The molecular formula is C17H17FN4O. The average molecular weight is 312 g/mol. The summed E-state index contributed by atoms with van der Waals surface area (Å²) < 4.78 is 18.7. The van der Waals surface area contributed by atoms with Crippen molar-refractivity contribution in [3.63, 3.8) is 0 Å². The molecule has 1 aromatic heterocycles. The van der Waals surface area contributed by atoms with Crippen LogP contribution in [0.25, 0.3) is 0 Å². The monoisotopic (exact) mass is 312 g/mol. The summed E-state index contributed by atoms with van der Waals surface area (Å²) in [5.74, 6) is 0.229. The van der Waals surface area contributed by atoms with Gasteiger partial charge in [0.15, 0.2) is 11.5 Å². The number of ether oxygens (including phenoxy) is 1. The number of anilines is 1. The van der Waals surface area contributed by atoms with Crippen LogP contribution < -0.4 is 5.32 Å². The summed E-state index contributed by atoms with van der Waals surface area (Å²) in [6.45, 7) is 1.91. The molecule has 1 fully saturated rings. The Morgan fingerprint density at radius 1 is 1.17 bits per heavy atom. The Labute approximate surface area is 134 Å². The molecule has 2 aromatic rings. The van der Waals surface area contributed by atoms with E-state index in [2.05, 4.69) is 15.3 Å². The second-order valence-electron chi connectivity index (χ2n) is 5.62. The van der Waals surface area contributed by atoms with Crippen LogP contribution >= 0.6 is 0 Å². The average Bonchev–Trinajstić information content (AvgIpc) is 2.61. The molecule has 0 amide bonds. The highest BCUT2D eigenvalue weighted by atomic mass is 19.1. The van der Waals surface area contributed by atoms with E-state index in [9.17, 15) is 4.39 Å². The Balaban J connectivity index is 1.85. The molecule has 23 heavy (non-hydrogen) atoms. The number of nitriles is 1. The first-order valence-electron chi connectivity index (χ1n) is 7.52. The second-order valence-corrected chi connectivity index (χ2v) is 5.62. The van der Waals surface area contributed by atoms with Gasteiger partial charge in [0, 0.05) is 37.6 Å². The molecule has 0 spiro atoms. The van der Waals surface area contributed by atoms with Crippen LogP contribution in [0.5, 0.6) is 0 Å². The minimum atomic E-state index is -0.246. The molecule has 1 N–H and O–H groups in total. The number of nitrogens with one attached hydrogen (secondary N) is 1. The molecule has 2 heterocycles. The highest BCUT2D eigenvalue weighted by Gasteiger charge is 2.34. The van der Waals surface area contributed by atoms with E-state index in [4.69, 9.17) is 10.00 Å². The third-order valence-electron chi connectivity index (χ3n) is 4.30. The Morgan fingerprint density at radius 3 is 2.57 bits per heavy atom. The minimum Gasteiger partial charge on any atom is -0.381 e. The quantitative estimate of drug-likeness (QED) is 0.940. The summed E-state index contributed by atoms with van der Waals surface area (Å²) in [6, 6.07) is 8.64. The molecule has 0 radical (unpaired) electrons. The largest absolute Gasteiger partial charge is 0.381 e. The summed E-state index contributed by atoms with van der Waals surface area (Å²) in [5, 5.41) is 12.4. The van der Waals surface area contributed by atoms with Crippen molar-refractivity contribution in [3.05, 3.63) is 53.7 Å². The van der Waals surface area contributed by atoms with Gasteiger partial charge in [-0.1, -0.05) is 12.1 Å². The zero-order valence-corrected chi connectivity index (χ0v) is 12.6. The van der Waals surface area contributed by atoms with E-state index in [1.807, 2.05) is 18.2 Å². The van der Waals surface area contributed by atoms with E-state index >= 15 is 0 Å². The first-order valence-corrected chi connectivity index (χ1v) is 7.52. The lowest BCUT2D eigenvalue weighted by molar-refractivity contribution is 0.0543. The normalized spacial score (nSPS) is 16.5. The van der Waals surface area contributed by atoms with Crippen molar-refractivity contribution in [1.82, 2.24) is 9.97 Å². The van der Waals surface area contributed by atoms with E-state index in [-0.39, 0.29) is 16.9 Å². The van der Waals surface area contributed by atoms with Gasteiger partial charge in [-0.15, -0.1) is 0 Å². The molecule has 0 unspecified atom stereocenters. The fraction of sp³-hybridized carbons (Fsp3) is 0.353. The summed E-state index contributed by atoms with van der Waals surface area (Å²) in [7, 11) is 0. The lowest BCUT2D eigenvalue weighted by atomic mass is 9.74. The number of hydrogen-bond acceptors (Lipinski definition) is 5. The molecule has 1 aromatic carbocycles. The van der Waals surface area contributed by atoms with Gasteiger partial charge in [0.25, 0.3) is 0 Å². The van der Waals surface area contributed by atoms with E-state index in [1.54, 1.807) is 6.20 Å². The molecule has 5 nitrogen and oxygen atoms in total. The van der Waals surface area contributed by atoms with Gasteiger partial charge >= 0.3 is 0 Å². The Bertz CT molecular complexity index is 705. The SMILES string of the molecule is N#Cc1nccnc1NCC1(c2ccc(F)cc2)CCOCC1. The van der Waals surface area contributed by atoms with E-state index in [0.717, 1.165) is 18.4 Å². The van der Waals surface area contributed by atoms with Crippen LogP contribution in [0.2, 0.25) is 0 Å². The van der Waals surface area contributed by atoms with Crippen LogP contribution in [0, 0.1) is 17.1 Å². The minimum absolute atomic E-state index is 0.170. The molecule has 0 saturated carbocycles. The van der Waals surface area contributed by atoms with Crippen molar-refractivity contribution in [2.24, 2.45) is 0 Å². The van der Waals surface area contributed by atoms with Crippen LogP contribution in [0.4, 0.5) is 10.2 Å². The highest BCUT2D eigenvalue weighted by Crippen LogP contribution is 2.35. The maximum absolute atomic E-state index is 13.2. The molecule has 0 bridgehead atoms. The highest BCUT2D eigenvalue weighted by molar-refractivity contribution is 5.47. The van der Waals surface area contributed by atoms with Crippen LogP contribution in [0.15, 0.2) is 36.7 Å². The molecule has 3 rings (SSSR count). The molecule has 118 valence electrons. The molecule has 0 atom stereocenters. The zero-order chi connectivity index (χ0) is 16.1. The molecular weight excluding hydrogens is 295 g/mol. The number of benzene rings is 1. The van der Waals surface area contributed by atoms with Gasteiger partial charge in [0.05, 0.1) is 0 Å². The van der Waals surface area contributed by atoms with Gasteiger partial charge in [-0.3, -0.25) is 0 Å². The van der Waals surface area contributed by atoms with Crippen molar-refractivity contribution in [2.75, 3.05) is 25.1 Å². The number of aromatic nitrogens is 2. The van der Waals surface area contributed by atoms with Crippen molar-refractivity contribution < 1.29 is 9.13 Å². The first kappa shape index (κ1) is 15.4. The van der Waals surface area contributed by atoms with E-state index in [0.29, 0.717) is 25.6 Å². The first-order chi connectivity index (χ1) is 11.2. The predicted molar refractivity (Wildman–Crippen MR) is 83.4 cm³/mol. The zero-order valence-electron chi connectivity index (χ0n) is 12.6. The molecule has 1 saturated heterocycles. The fourth-order valence-electron chi connectivity index (χ4n) is 2.94. The van der Waals surface area contributed by atoms with Crippen LogP contribution in [0.1, 0.15) is 24.1 Å². The van der Waals surface area contributed by atoms with Crippen molar-refractivity contribution in [2.45, 2.75) is 18.3 Å². The van der Waals surface area contributed by atoms with Crippen LogP contribution in [-0.2, 0) is 10.2 Å². The Hall–Kier alpha value is -2.52. The lowest BCUT2D eigenvalue weighted by Gasteiger charge is -2.38. The van der Waals surface area contributed by atoms with Crippen molar-refractivity contribution >= 4 is 5.82 Å². The second kappa shape index (κ2) is 6.71. The Kier molecular flexibility index (Phi) is 4.49. The number of hydrogen-bond donors (Lipinski definition) is 1. The van der Waals surface area contributed by atoms with E-state index in [1.165, 1.54) is 18.3 Å². The topological polar surface area (TPSA) is 70.8 Å². The maximum atomic E-state index is 13.2. The van der Waals surface area contributed by atoms with Gasteiger partial charge in [-0.25, -0.2) is 14.4 Å². The van der Waals surface area contributed by atoms with Crippen LogP contribution in [0.3, 0.4) is 0 Å². The number of halogens is 1. The number of rotatable bonds is 4. The van der Waals surface area contributed by atoms with Gasteiger partial charge in [-0.05, 0) is 30.5 Å². The molecule has 6 heteroatoms. The maximum Gasteiger partial charge on any atom is 0.182 e. The third kappa shape index (κ3) is 3.30. The molecule has 0 aliphatic carbocycles. The standard InChI is InChI=1S/C17H17FN4O/c18-14-3-1-13(2-4-14)17(5-9-23-10-6-17)12-22-16-15(11-19)20-7-8-21-16/h1-4,7-8H,5-6,9-10,12H2,(H,21,22). The molecule has 1 aliphatic heterocycles. The Morgan fingerprint density at radius 2 is 1.87 bits per heavy atom. The van der Waals surface area contributed by atoms with Gasteiger partial charge in [0.2, 0.25) is 0 Å². The van der Waals surface area contributed by atoms with Crippen LogP contribution in [-0.4, -0.2) is 29.7 Å². The number of nitrogens with zero attached hydrogens (tertiary/aromatic N) is 3. The fourth-order valence-corrected chi connectivity index (χ4v) is 2.94. The summed E-state index contributed by atoms with van der Waals surface area (Å²) in [4.78, 5) is 8.19. The van der Waals surface area contributed by atoms with E-state index < -0.39 is 0 Å². The smallest absolute Gasteiger partial charge is 0.182 e.